The molecule has 5 heteroatoms. The zero-order valence-electron chi connectivity index (χ0n) is 13.3. The third-order valence-electron chi connectivity index (χ3n) is 3.43. The molecule has 0 fully saturated rings. The van der Waals surface area contributed by atoms with Crippen LogP contribution in [0.15, 0.2) is 70.2 Å². The van der Waals surface area contributed by atoms with Crippen molar-refractivity contribution in [2.45, 2.75) is 6.92 Å². The lowest BCUT2D eigenvalue weighted by Gasteiger charge is -2.02. The monoisotopic (exact) mass is 335 g/mol. The summed E-state index contributed by atoms with van der Waals surface area (Å²) in [5.41, 5.74) is 3.97. The van der Waals surface area contributed by atoms with Gasteiger partial charge in [0.25, 0.3) is 0 Å². The second kappa shape index (κ2) is 7.66. The molecular formula is C19H17N3OS. The molecule has 0 atom stereocenters. The molecule has 1 heterocycles. The normalized spacial score (nSPS) is 11.5. The zero-order valence-corrected chi connectivity index (χ0v) is 14.1. The van der Waals surface area contributed by atoms with E-state index in [0.29, 0.717) is 11.7 Å². The van der Waals surface area contributed by atoms with Crippen LogP contribution in [0.5, 0.6) is 5.75 Å². The first-order valence-electron chi connectivity index (χ1n) is 7.57. The predicted molar refractivity (Wildman–Crippen MR) is 98.8 cm³/mol. The smallest absolute Gasteiger partial charge is 0.230 e. The molecule has 120 valence electrons. The molecule has 0 aliphatic heterocycles. The summed E-state index contributed by atoms with van der Waals surface area (Å²) in [4.78, 5) is 4.48. The number of aryl methyl sites for hydroxylation is 1. The van der Waals surface area contributed by atoms with Crippen molar-refractivity contribution in [3.8, 4) is 17.0 Å². The number of rotatable bonds is 5. The Hall–Kier alpha value is -2.79. The van der Waals surface area contributed by atoms with Gasteiger partial charge in [0, 0.05) is 10.9 Å². The van der Waals surface area contributed by atoms with Crippen LogP contribution in [0.2, 0.25) is 0 Å². The van der Waals surface area contributed by atoms with E-state index in [1.54, 1.807) is 12.1 Å². The van der Waals surface area contributed by atoms with Gasteiger partial charge in [-0.3, -0.25) is 0 Å². The Labute approximate surface area is 144 Å². The van der Waals surface area contributed by atoms with E-state index in [1.807, 2.05) is 60.9 Å². The van der Waals surface area contributed by atoms with Crippen LogP contribution in [-0.4, -0.2) is 16.6 Å². The van der Waals surface area contributed by atoms with Gasteiger partial charge in [0.15, 0.2) is 0 Å². The van der Waals surface area contributed by atoms with Gasteiger partial charge in [-0.25, -0.2) is 4.98 Å². The summed E-state index contributed by atoms with van der Waals surface area (Å²) in [7, 11) is 0. The number of aromatic hydroxyl groups is 1. The van der Waals surface area contributed by atoms with Crippen LogP contribution in [0.3, 0.4) is 0 Å². The van der Waals surface area contributed by atoms with Crippen molar-refractivity contribution >= 4 is 22.5 Å². The second-order valence-electron chi connectivity index (χ2n) is 5.25. The Morgan fingerprint density at radius 3 is 2.79 bits per heavy atom. The van der Waals surface area contributed by atoms with Gasteiger partial charge in [-0.2, -0.15) is 5.11 Å². The number of azo groups is 1. The van der Waals surface area contributed by atoms with E-state index in [1.165, 1.54) is 11.3 Å². The SMILES string of the molecule is Cc1cc(O)ccc1-c1csc(N=NCC=Cc2ccccc2)n1. The van der Waals surface area contributed by atoms with Crippen LogP contribution in [0, 0.1) is 6.92 Å². The number of nitrogens with zero attached hydrogens (tertiary/aromatic N) is 3. The van der Waals surface area contributed by atoms with Crippen molar-refractivity contribution in [2.24, 2.45) is 10.2 Å². The van der Waals surface area contributed by atoms with Crippen molar-refractivity contribution in [2.75, 3.05) is 6.54 Å². The van der Waals surface area contributed by atoms with Crippen LogP contribution in [0.25, 0.3) is 17.3 Å². The van der Waals surface area contributed by atoms with Crippen molar-refractivity contribution in [1.82, 2.24) is 4.98 Å². The number of phenolic OH excluding ortho intramolecular Hbond substituents is 1. The molecule has 3 rings (SSSR count). The summed E-state index contributed by atoms with van der Waals surface area (Å²) < 4.78 is 0. The largest absolute Gasteiger partial charge is 0.508 e. The number of phenols is 1. The predicted octanol–water partition coefficient (Wildman–Crippen LogP) is 5.62. The van der Waals surface area contributed by atoms with E-state index in [0.717, 1.165) is 22.4 Å². The maximum Gasteiger partial charge on any atom is 0.230 e. The molecule has 0 unspecified atom stereocenters. The molecule has 0 saturated heterocycles. The Balaban J connectivity index is 1.62. The number of hydrogen-bond donors (Lipinski definition) is 1. The van der Waals surface area contributed by atoms with Gasteiger partial charge >= 0.3 is 0 Å². The van der Waals surface area contributed by atoms with Gasteiger partial charge in [0.05, 0.1) is 12.2 Å². The van der Waals surface area contributed by atoms with Gasteiger partial charge in [-0.05, 0) is 36.2 Å². The fourth-order valence-electron chi connectivity index (χ4n) is 2.27. The highest BCUT2D eigenvalue weighted by molar-refractivity contribution is 7.13. The van der Waals surface area contributed by atoms with Gasteiger partial charge < -0.3 is 5.11 Å². The third kappa shape index (κ3) is 4.14. The molecule has 4 nitrogen and oxygen atoms in total. The molecule has 0 saturated carbocycles. The minimum atomic E-state index is 0.261. The summed E-state index contributed by atoms with van der Waals surface area (Å²) in [5, 5.41) is 20.4. The van der Waals surface area contributed by atoms with Gasteiger partial charge in [0.2, 0.25) is 5.13 Å². The molecule has 0 bridgehead atoms. The molecule has 0 amide bonds. The molecule has 3 aromatic rings. The van der Waals surface area contributed by atoms with Crippen molar-refractivity contribution in [3.63, 3.8) is 0 Å². The van der Waals surface area contributed by atoms with Crippen LogP contribution in [-0.2, 0) is 0 Å². The van der Waals surface area contributed by atoms with E-state index in [2.05, 4.69) is 15.2 Å². The summed E-state index contributed by atoms with van der Waals surface area (Å²) in [6, 6.07) is 15.3. The maximum absolute atomic E-state index is 9.48. The fourth-order valence-corrected chi connectivity index (χ4v) is 2.92. The Morgan fingerprint density at radius 1 is 1.17 bits per heavy atom. The average molecular weight is 335 g/mol. The van der Waals surface area contributed by atoms with E-state index in [-0.39, 0.29) is 5.75 Å². The van der Waals surface area contributed by atoms with Crippen molar-refractivity contribution in [1.29, 1.82) is 0 Å². The Kier molecular flexibility index (Phi) is 5.13. The van der Waals surface area contributed by atoms with E-state index in [4.69, 9.17) is 0 Å². The van der Waals surface area contributed by atoms with E-state index < -0.39 is 0 Å². The standard InChI is InChI=1S/C19H17N3OS/c1-14-12-16(23)9-10-17(14)18-13-24-19(21-18)22-20-11-5-8-15-6-3-2-4-7-15/h2-10,12-13,23H,11H2,1H3. The lowest BCUT2D eigenvalue weighted by atomic mass is 10.1. The number of hydrogen-bond acceptors (Lipinski definition) is 5. The first kappa shape index (κ1) is 16.1. The van der Waals surface area contributed by atoms with Gasteiger partial charge in [-0.15, -0.1) is 16.5 Å². The Bertz CT molecular complexity index is 869. The molecule has 0 spiro atoms. The lowest BCUT2D eigenvalue weighted by molar-refractivity contribution is 0.475. The number of aromatic nitrogens is 1. The van der Waals surface area contributed by atoms with Crippen LogP contribution >= 0.6 is 11.3 Å². The molecule has 2 aromatic carbocycles. The summed E-state index contributed by atoms with van der Waals surface area (Å²) in [6.45, 7) is 2.46. The van der Waals surface area contributed by atoms with Crippen LogP contribution in [0.1, 0.15) is 11.1 Å². The molecule has 1 aromatic heterocycles. The van der Waals surface area contributed by atoms with Crippen molar-refractivity contribution in [3.05, 3.63) is 71.1 Å². The molecular weight excluding hydrogens is 318 g/mol. The minimum absolute atomic E-state index is 0.261. The van der Waals surface area contributed by atoms with Crippen LogP contribution < -0.4 is 0 Å². The van der Waals surface area contributed by atoms with Gasteiger partial charge in [0.1, 0.15) is 5.75 Å². The average Bonchev–Trinajstić information content (AvgIpc) is 3.04. The molecule has 0 aliphatic carbocycles. The summed E-state index contributed by atoms with van der Waals surface area (Å²) >= 11 is 1.45. The Morgan fingerprint density at radius 2 is 2.00 bits per heavy atom. The first-order chi connectivity index (χ1) is 11.7. The number of thiazole rings is 1. The fraction of sp³-hybridized carbons (Fsp3) is 0.105. The lowest BCUT2D eigenvalue weighted by Crippen LogP contribution is -1.82. The third-order valence-corrected chi connectivity index (χ3v) is 4.16. The first-order valence-corrected chi connectivity index (χ1v) is 8.45. The van der Waals surface area contributed by atoms with E-state index in [9.17, 15) is 5.11 Å². The quantitative estimate of drug-likeness (QED) is 0.615. The van der Waals surface area contributed by atoms with Crippen molar-refractivity contribution < 1.29 is 5.11 Å². The summed E-state index contributed by atoms with van der Waals surface area (Å²) in [5.74, 6) is 0.261. The van der Waals surface area contributed by atoms with E-state index >= 15 is 0 Å². The molecule has 1 N–H and O–H groups in total. The topological polar surface area (TPSA) is 57.8 Å². The zero-order chi connectivity index (χ0) is 16.8. The highest BCUT2D eigenvalue weighted by Crippen LogP contribution is 2.30. The summed E-state index contributed by atoms with van der Waals surface area (Å²) in [6.07, 6.45) is 3.99. The second-order valence-corrected chi connectivity index (χ2v) is 6.09. The highest BCUT2D eigenvalue weighted by atomic mass is 32.1. The molecule has 0 aliphatic rings. The molecule has 24 heavy (non-hydrogen) atoms. The number of benzene rings is 2. The highest BCUT2D eigenvalue weighted by Gasteiger charge is 2.07. The van der Waals surface area contributed by atoms with Gasteiger partial charge in [-0.1, -0.05) is 42.5 Å². The molecule has 0 radical (unpaired) electrons. The minimum Gasteiger partial charge on any atom is -0.508 e. The maximum atomic E-state index is 9.48. The van der Waals surface area contributed by atoms with Crippen LogP contribution in [0.4, 0.5) is 5.13 Å².